The van der Waals surface area contributed by atoms with E-state index < -0.39 is 0 Å². The summed E-state index contributed by atoms with van der Waals surface area (Å²) >= 11 is 4.71. The molecule has 0 saturated heterocycles. The number of nitrogens with one attached hydrogen (secondary N) is 1. The minimum Gasteiger partial charge on any atom is -0.494 e. The van der Waals surface area contributed by atoms with Crippen LogP contribution in [0.5, 0.6) is 5.88 Å². The molecule has 120 valence electrons. The average molecular weight is 340 g/mol. The minimum absolute atomic E-state index is 0.00124. The van der Waals surface area contributed by atoms with E-state index in [-0.39, 0.29) is 16.8 Å². The molecular weight excluding hydrogens is 327 g/mol. The lowest BCUT2D eigenvalue weighted by atomic mass is 10.1. The van der Waals surface area contributed by atoms with Gasteiger partial charge < -0.3 is 15.8 Å². The van der Waals surface area contributed by atoms with E-state index in [1.165, 1.54) is 12.1 Å². The van der Waals surface area contributed by atoms with Gasteiger partial charge in [-0.05, 0) is 48.6 Å². The van der Waals surface area contributed by atoms with Crippen LogP contribution in [0.25, 0.3) is 22.7 Å². The Morgan fingerprint density at radius 3 is 2.54 bits per heavy atom. The number of para-hydroxylation sites is 1. The normalized spacial score (nSPS) is 12.1. The molecule has 4 N–H and O–H groups in total. The number of hydrogen-bond acceptors (Lipinski definition) is 3. The number of benzene rings is 2. The second-order valence-electron chi connectivity index (χ2n) is 5.01. The van der Waals surface area contributed by atoms with Crippen LogP contribution in [-0.4, -0.2) is 15.2 Å². The van der Waals surface area contributed by atoms with Gasteiger partial charge in [-0.1, -0.05) is 18.2 Å². The maximum Gasteiger partial charge on any atom is 0.211 e. The number of hydrogen-bond donors (Lipinski definition) is 3. The van der Waals surface area contributed by atoms with Crippen molar-refractivity contribution < 1.29 is 9.50 Å². The summed E-state index contributed by atoms with van der Waals surface area (Å²) < 4.78 is 13.2. The predicted octanol–water partition coefficient (Wildman–Crippen LogP) is 4.21. The van der Waals surface area contributed by atoms with Crippen molar-refractivity contribution >= 4 is 40.0 Å². The van der Waals surface area contributed by atoms with Crippen LogP contribution in [0.15, 0.2) is 58.8 Å². The van der Waals surface area contributed by atoms with Gasteiger partial charge in [-0.2, -0.15) is 0 Å². The molecule has 2 aromatic carbocycles. The highest BCUT2D eigenvalue weighted by atomic mass is 32.1. The lowest BCUT2D eigenvalue weighted by Crippen LogP contribution is -2.01. The van der Waals surface area contributed by atoms with Gasteiger partial charge >= 0.3 is 0 Å². The monoisotopic (exact) mass is 340 g/mol. The molecule has 7 heteroatoms. The molecule has 0 radical (unpaired) electrons. The third-order valence-electron chi connectivity index (χ3n) is 3.40. The zero-order valence-corrected chi connectivity index (χ0v) is 13.2. The van der Waals surface area contributed by atoms with E-state index in [9.17, 15) is 9.50 Å². The molecule has 0 spiro atoms. The van der Waals surface area contributed by atoms with Gasteiger partial charge in [-0.15, -0.1) is 10.2 Å². The number of aromatic hydroxyl groups is 1. The standard InChI is InChI=1S/C17H13FN4OS/c18-11-7-5-10(6-8-11)15(21-22-17(19)24)9-13-12-3-1-2-4-14(12)20-16(13)23/h1-9,20,23H,(H2,19,24)/b15-9-,22-21?. The molecule has 1 heterocycles. The van der Waals surface area contributed by atoms with Crippen molar-refractivity contribution in [1.29, 1.82) is 0 Å². The smallest absolute Gasteiger partial charge is 0.211 e. The average Bonchev–Trinajstić information content (AvgIpc) is 2.87. The van der Waals surface area contributed by atoms with E-state index in [0.717, 1.165) is 10.9 Å². The van der Waals surface area contributed by atoms with Crippen LogP contribution < -0.4 is 5.73 Å². The van der Waals surface area contributed by atoms with Gasteiger partial charge in [0, 0.05) is 22.0 Å². The molecule has 0 saturated carbocycles. The number of nitrogens with two attached hydrogens (primary N) is 1. The van der Waals surface area contributed by atoms with Crippen LogP contribution in [-0.2, 0) is 0 Å². The summed E-state index contributed by atoms with van der Waals surface area (Å²) in [6.45, 7) is 0. The van der Waals surface area contributed by atoms with Crippen molar-refractivity contribution in [3.05, 3.63) is 65.5 Å². The summed E-state index contributed by atoms with van der Waals surface area (Å²) in [5, 5.41) is 18.6. The molecular formula is C17H13FN4OS. The van der Waals surface area contributed by atoms with E-state index >= 15 is 0 Å². The molecule has 0 atom stereocenters. The van der Waals surface area contributed by atoms with Gasteiger partial charge in [0.2, 0.25) is 5.11 Å². The van der Waals surface area contributed by atoms with Crippen LogP contribution in [0.4, 0.5) is 4.39 Å². The third kappa shape index (κ3) is 3.31. The molecule has 24 heavy (non-hydrogen) atoms. The summed E-state index contributed by atoms with van der Waals surface area (Å²) in [7, 11) is 0. The molecule has 0 aliphatic heterocycles. The largest absolute Gasteiger partial charge is 0.494 e. The van der Waals surface area contributed by atoms with Crippen LogP contribution in [0.3, 0.4) is 0 Å². The van der Waals surface area contributed by atoms with E-state index in [4.69, 9.17) is 18.0 Å². The second-order valence-corrected chi connectivity index (χ2v) is 5.43. The van der Waals surface area contributed by atoms with E-state index in [1.54, 1.807) is 18.2 Å². The molecule has 0 aliphatic carbocycles. The Hall–Kier alpha value is -3.06. The number of azo groups is 1. The molecule has 3 aromatic rings. The van der Waals surface area contributed by atoms with Crippen LogP contribution in [0.2, 0.25) is 0 Å². The fraction of sp³-hybridized carbons (Fsp3) is 0. The Bertz CT molecular complexity index is 960. The quantitative estimate of drug-likeness (QED) is 0.493. The van der Waals surface area contributed by atoms with Crippen molar-refractivity contribution in [3.8, 4) is 5.88 Å². The summed E-state index contributed by atoms with van der Waals surface area (Å²) in [4.78, 5) is 2.89. The summed E-state index contributed by atoms with van der Waals surface area (Å²) in [6, 6.07) is 13.2. The first kappa shape index (κ1) is 15.8. The topological polar surface area (TPSA) is 86.8 Å². The van der Waals surface area contributed by atoms with Gasteiger partial charge in [0.05, 0.1) is 5.70 Å². The molecule has 5 nitrogen and oxygen atoms in total. The highest BCUT2D eigenvalue weighted by Gasteiger charge is 2.10. The Kier molecular flexibility index (Phi) is 4.35. The first-order valence-corrected chi connectivity index (χ1v) is 7.44. The van der Waals surface area contributed by atoms with Gasteiger partial charge in [0.15, 0.2) is 5.88 Å². The summed E-state index contributed by atoms with van der Waals surface area (Å²) in [5.74, 6) is -0.360. The molecule has 0 fully saturated rings. The van der Waals surface area contributed by atoms with Crippen LogP contribution in [0, 0.1) is 5.82 Å². The Labute approximate surface area is 142 Å². The number of aromatic nitrogens is 1. The van der Waals surface area contributed by atoms with Crippen LogP contribution in [0.1, 0.15) is 11.1 Å². The van der Waals surface area contributed by atoms with E-state index in [1.807, 2.05) is 24.3 Å². The van der Waals surface area contributed by atoms with Crippen molar-refractivity contribution in [2.45, 2.75) is 0 Å². The lowest BCUT2D eigenvalue weighted by Gasteiger charge is -2.02. The van der Waals surface area contributed by atoms with Crippen molar-refractivity contribution in [3.63, 3.8) is 0 Å². The first-order valence-electron chi connectivity index (χ1n) is 7.03. The van der Waals surface area contributed by atoms with Gasteiger partial charge in [0.1, 0.15) is 5.82 Å². The van der Waals surface area contributed by atoms with E-state index in [0.29, 0.717) is 16.8 Å². The maximum absolute atomic E-state index is 13.2. The number of halogens is 1. The van der Waals surface area contributed by atoms with Crippen molar-refractivity contribution in [2.24, 2.45) is 16.0 Å². The number of rotatable bonds is 3. The molecule has 0 bridgehead atoms. The van der Waals surface area contributed by atoms with Crippen molar-refractivity contribution in [2.75, 3.05) is 0 Å². The minimum atomic E-state index is -0.362. The molecule has 1 aromatic heterocycles. The Morgan fingerprint density at radius 2 is 1.83 bits per heavy atom. The highest BCUT2D eigenvalue weighted by Crippen LogP contribution is 2.31. The van der Waals surface area contributed by atoms with Crippen molar-refractivity contribution in [1.82, 2.24) is 4.98 Å². The fourth-order valence-electron chi connectivity index (χ4n) is 2.33. The molecule has 0 amide bonds. The molecule has 0 aliphatic rings. The number of nitrogens with zero attached hydrogens (tertiary/aromatic N) is 2. The Balaban J connectivity index is 2.16. The summed E-state index contributed by atoms with van der Waals surface area (Å²) in [5.41, 5.74) is 7.70. The Morgan fingerprint density at radius 1 is 1.12 bits per heavy atom. The van der Waals surface area contributed by atoms with Gasteiger partial charge in [0.25, 0.3) is 0 Å². The maximum atomic E-state index is 13.2. The van der Waals surface area contributed by atoms with E-state index in [2.05, 4.69) is 15.2 Å². The fourth-order valence-corrected chi connectivity index (χ4v) is 2.37. The zero-order valence-electron chi connectivity index (χ0n) is 12.4. The highest BCUT2D eigenvalue weighted by molar-refractivity contribution is 7.80. The first-order chi connectivity index (χ1) is 11.5. The number of H-pyrrole nitrogens is 1. The van der Waals surface area contributed by atoms with Gasteiger partial charge in [-0.3, -0.25) is 0 Å². The second kappa shape index (κ2) is 6.59. The summed E-state index contributed by atoms with van der Waals surface area (Å²) in [6.07, 6.45) is 1.64. The van der Waals surface area contributed by atoms with Crippen LogP contribution >= 0.6 is 12.2 Å². The lowest BCUT2D eigenvalue weighted by molar-refractivity contribution is 0.457. The van der Waals surface area contributed by atoms with Gasteiger partial charge in [-0.25, -0.2) is 4.39 Å². The predicted molar refractivity (Wildman–Crippen MR) is 95.9 cm³/mol. The number of aromatic amines is 1. The zero-order chi connectivity index (χ0) is 17.1. The number of thiocarbonyl (C=S) groups is 1. The number of fused-ring (bicyclic) bond motifs is 1. The molecule has 3 rings (SSSR count). The molecule has 0 unspecified atom stereocenters. The third-order valence-corrected chi connectivity index (χ3v) is 3.48. The SMILES string of the molecule is NC(=S)N=N/C(=C\c1c(O)[nH]c2ccccc12)c1ccc(F)cc1.